The van der Waals surface area contributed by atoms with E-state index < -0.39 is 0 Å². The molecule has 0 aliphatic heterocycles. The van der Waals surface area contributed by atoms with Crippen LogP contribution in [0.1, 0.15) is 30.8 Å². The Kier molecular flexibility index (Phi) is 3.12. The fourth-order valence-corrected chi connectivity index (χ4v) is 2.34. The fraction of sp³-hybridized carbons (Fsp3) is 0.667. The zero-order chi connectivity index (χ0) is 10.8. The Balaban J connectivity index is 1.89. The predicted octanol–water partition coefficient (Wildman–Crippen LogP) is 1.90. The van der Waals surface area contributed by atoms with Crippen LogP contribution >= 0.6 is 0 Å². The minimum Gasteiger partial charge on any atom is -0.465 e. The first-order chi connectivity index (χ1) is 7.15. The minimum atomic E-state index is 0.399. The number of hydrogen-bond acceptors (Lipinski definition) is 3. The van der Waals surface area contributed by atoms with E-state index in [0.29, 0.717) is 12.1 Å². The molecule has 0 radical (unpaired) electrons. The summed E-state index contributed by atoms with van der Waals surface area (Å²) in [5.41, 5.74) is 5.91. The molecule has 0 aromatic carbocycles. The number of aryl methyl sites for hydroxylation is 1. The zero-order valence-corrected chi connectivity index (χ0v) is 9.57. The molecule has 1 fully saturated rings. The lowest BCUT2D eigenvalue weighted by molar-refractivity contribution is 0.217. The maximum Gasteiger partial charge on any atom is 0.118 e. The summed E-state index contributed by atoms with van der Waals surface area (Å²) in [5, 5.41) is 0. The van der Waals surface area contributed by atoms with Gasteiger partial charge in [-0.1, -0.05) is 0 Å². The van der Waals surface area contributed by atoms with Crippen molar-refractivity contribution in [1.29, 1.82) is 0 Å². The fourth-order valence-electron chi connectivity index (χ4n) is 2.34. The van der Waals surface area contributed by atoms with Crippen LogP contribution in [0.4, 0.5) is 0 Å². The van der Waals surface area contributed by atoms with Crippen LogP contribution in [0.5, 0.6) is 0 Å². The van der Waals surface area contributed by atoms with Gasteiger partial charge in [-0.15, -0.1) is 0 Å². The second-order valence-corrected chi connectivity index (χ2v) is 4.65. The molecule has 1 aliphatic carbocycles. The topological polar surface area (TPSA) is 42.4 Å². The lowest BCUT2D eigenvalue weighted by atomic mass is 10.2. The summed E-state index contributed by atoms with van der Waals surface area (Å²) in [6, 6.07) is 5.10. The van der Waals surface area contributed by atoms with Crippen molar-refractivity contribution in [2.75, 3.05) is 7.05 Å². The maximum atomic E-state index is 5.91. The normalized spacial score (nSPS) is 26.4. The van der Waals surface area contributed by atoms with Crippen molar-refractivity contribution in [3.63, 3.8) is 0 Å². The molecule has 0 saturated heterocycles. The average molecular weight is 208 g/mol. The lowest BCUT2D eigenvalue weighted by Gasteiger charge is -2.22. The van der Waals surface area contributed by atoms with Gasteiger partial charge in [0.2, 0.25) is 0 Å². The van der Waals surface area contributed by atoms with E-state index in [9.17, 15) is 0 Å². The molecule has 1 aromatic rings. The summed E-state index contributed by atoms with van der Waals surface area (Å²) >= 11 is 0. The average Bonchev–Trinajstić information content (AvgIpc) is 2.75. The van der Waals surface area contributed by atoms with Crippen molar-refractivity contribution in [3.8, 4) is 0 Å². The summed E-state index contributed by atoms with van der Waals surface area (Å²) < 4.78 is 5.57. The number of rotatable bonds is 3. The monoisotopic (exact) mass is 208 g/mol. The van der Waals surface area contributed by atoms with Gasteiger partial charge in [-0.3, -0.25) is 4.90 Å². The smallest absolute Gasteiger partial charge is 0.118 e. The van der Waals surface area contributed by atoms with Crippen LogP contribution in [0.2, 0.25) is 0 Å². The summed E-state index contributed by atoms with van der Waals surface area (Å²) in [6.45, 7) is 2.88. The van der Waals surface area contributed by atoms with Crippen LogP contribution in [0, 0.1) is 6.92 Å². The molecule has 84 valence electrons. The molecular weight excluding hydrogens is 188 g/mol. The van der Waals surface area contributed by atoms with Crippen LogP contribution in [-0.2, 0) is 6.54 Å². The van der Waals surface area contributed by atoms with Gasteiger partial charge in [0.25, 0.3) is 0 Å². The molecule has 1 heterocycles. The van der Waals surface area contributed by atoms with Gasteiger partial charge in [0.05, 0.1) is 6.54 Å². The van der Waals surface area contributed by atoms with E-state index in [-0.39, 0.29) is 0 Å². The first-order valence-electron chi connectivity index (χ1n) is 5.66. The quantitative estimate of drug-likeness (QED) is 0.825. The first-order valence-corrected chi connectivity index (χ1v) is 5.66. The third-order valence-electron chi connectivity index (χ3n) is 3.27. The number of furan rings is 1. The van der Waals surface area contributed by atoms with Gasteiger partial charge in [-0.05, 0) is 45.4 Å². The molecule has 2 unspecified atom stereocenters. The largest absolute Gasteiger partial charge is 0.465 e. The Morgan fingerprint density at radius 1 is 1.47 bits per heavy atom. The van der Waals surface area contributed by atoms with E-state index in [1.807, 2.05) is 13.0 Å². The van der Waals surface area contributed by atoms with E-state index >= 15 is 0 Å². The SMILES string of the molecule is Cc1ccc(CN(C)C2CCC(N)C2)o1. The Morgan fingerprint density at radius 3 is 2.80 bits per heavy atom. The highest BCUT2D eigenvalue weighted by Gasteiger charge is 2.25. The number of nitrogens with zero attached hydrogens (tertiary/aromatic N) is 1. The Bertz CT molecular complexity index is 321. The standard InChI is InChI=1S/C12H20N2O/c1-9-3-6-12(15-9)8-14(2)11-5-4-10(13)7-11/h3,6,10-11H,4-5,7-8,13H2,1-2H3. The van der Waals surface area contributed by atoms with E-state index in [0.717, 1.165) is 30.9 Å². The molecule has 0 amide bonds. The molecule has 3 heteroatoms. The Labute approximate surface area is 91.2 Å². The van der Waals surface area contributed by atoms with Gasteiger partial charge >= 0.3 is 0 Å². The second kappa shape index (κ2) is 4.37. The van der Waals surface area contributed by atoms with E-state index in [1.54, 1.807) is 0 Å². The molecule has 3 nitrogen and oxygen atoms in total. The molecule has 1 saturated carbocycles. The van der Waals surface area contributed by atoms with Crippen LogP contribution in [0.3, 0.4) is 0 Å². The van der Waals surface area contributed by atoms with Crippen molar-refractivity contribution in [2.45, 2.75) is 44.8 Å². The van der Waals surface area contributed by atoms with E-state index in [2.05, 4.69) is 18.0 Å². The summed E-state index contributed by atoms with van der Waals surface area (Å²) in [7, 11) is 2.15. The van der Waals surface area contributed by atoms with Gasteiger partial charge in [-0.25, -0.2) is 0 Å². The molecule has 2 atom stereocenters. The summed E-state index contributed by atoms with van der Waals surface area (Å²) in [6.07, 6.45) is 3.50. The molecular formula is C12H20N2O. The second-order valence-electron chi connectivity index (χ2n) is 4.65. The predicted molar refractivity (Wildman–Crippen MR) is 60.5 cm³/mol. The Morgan fingerprint density at radius 2 is 2.27 bits per heavy atom. The van der Waals surface area contributed by atoms with Crippen LogP contribution in [0.15, 0.2) is 16.5 Å². The van der Waals surface area contributed by atoms with Crippen LogP contribution < -0.4 is 5.73 Å². The van der Waals surface area contributed by atoms with Crippen molar-refractivity contribution in [2.24, 2.45) is 5.73 Å². The summed E-state index contributed by atoms with van der Waals surface area (Å²) in [4.78, 5) is 2.35. The Hall–Kier alpha value is -0.800. The third-order valence-corrected chi connectivity index (χ3v) is 3.27. The van der Waals surface area contributed by atoms with E-state index in [1.165, 1.54) is 6.42 Å². The van der Waals surface area contributed by atoms with Gasteiger partial charge < -0.3 is 10.2 Å². The lowest BCUT2D eigenvalue weighted by Crippen LogP contribution is -2.30. The van der Waals surface area contributed by atoms with Crippen molar-refractivity contribution in [3.05, 3.63) is 23.7 Å². The van der Waals surface area contributed by atoms with Crippen molar-refractivity contribution in [1.82, 2.24) is 4.90 Å². The molecule has 15 heavy (non-hydrogen) atoms. The molecule has 1 aliphatic rings. The minimum absolute atomic E-state index is 0.399. The summed E-state index contributed by atoms with van der Waals surface area (Å²) in [5.74, 6) is 2.04. The molecule has 2 rings (SSSR count). The van der Waals surface area contributed by atoms with Gasteiger partial charge in [0.15, 0.2) is 0 Å². The van der Waals surface area contributed by atoms with Crippen molar-refractivity contribution < 1.29 is 4.42 Å². The zero-order valence-electron chi connectivity index (χ0n) is 9.57. The van der Waals surface area contributed by atoms with Gasteiger partial charge in [0.1, 0.15) is 11.5 Å². The molecule has 1 aromatic heterocycles. The van der Waals surface area contributed by atoms with Crippen LogP contribution in [-0.4, -0.2) is 24.0 Å². The van der Waals surface area contributed by atoms with Crippen molar-refractivity contribution >= 4 is 0 Å². The number of nitrogens with two attached hydrogens (primary N) is 1. The first kappa shape index (κ1) is 10.7. The number of hydrogen-bond donors (Lipinski definition) is 1. The van der Waals surface area contributed by atoms with Crippen LogP contribution in [0.25, 0.3) is 0 Å². The van der Waals surface area contributed by atoms with E-state index in [4.69, 9.17) is 10.2 Å². The molecule has 2 N–H and O–H groups in total. The van der Waals surface area contributed by atoms with Gasteiger partial charge in [-0.2, -0.15) is 0 Å². The highest BCUT2D eigenvalue weighted by atomic mass is 16.3. The molecule has 0 spiro atoms. The highest BCUT2D eigenvalue weighted by molar-refractivity contribution is 5.05. The maximum absolute atomic E-state index is 5.91. The third kappa shape index (κ3) is 2.61. The highest BCUT2D eigenvalue weighted by Crippen LogP contribution is 2.23. The molecule has 0 bridgehead atoms. The van der Waals surface area contributed by atoms with Gasteiger partial charge in [0, 0.05) is 12.1 Å².